The molecule has 0 aliphatic carbocycles. The van der Waals surface area contributed by atoms with Gasteiger partial charge < -0.3 is 9.88 Å². The van der Waals surface area contributed by atoms with Crippen LogP contribution in [0.25, 0.3) is 10.9 Å². The summed E-state index contributed by atoms with van der Waals surface area (Å²) >= 11 is 0. The van der Waals surface area contributed by atoms with Crippen molar-refractivity contribution in [2.24, 2.45) is 13.0 Å². The first kappa shape index (κ1) is 23.5. The smallest absolute Gasteiger partial charge is 0.331 e. The van der Waals surface area contributed by atoms with Gasteiger partial charge in [-0.3, -0.25) is 13.9 Å². The topological polar surface area (TPSA) is 61.0 Å². The molecule has 2 aromatic heterocycles. The van der Waals surface area contributed by atoms with E-state index < -0.39 is 11.5 Å². The number of nitrogens with one attached hydrogen (secondary N) is 1. The van der Waals surface area contributed by atoms with Crippen molar-refractivity contribution < 1.29 is 8.78 Å². The second-order valence-corrected chi connectivity index (χ2v) is 9.09. The molecule has 0 aliphatic rings. The van der Waals surface area contributed by atoms with Crippen LogP contribution in [-0.4, -0.2) is 13.7 Å². The number of anilines is 2. The molecule has 8 heteroatoms. The van der Waals surface area contributed by atoms with Crippen LogP contribution in [0.3, 0.4) is 0 Å². The van der Waals surface area contributed by atoms with Gasteiger partial charge in [0.25, 0.3) is 11.5 Å². The van der Waals surface area contributed by atoms with Gasteiger partial charge in [-0.05, 0) is 23.6 Å². The Labute approximate surface area is 196 Å². The van der Waals surface area contributed by atoms with Gasteiger partial charge >= 0.3 is 5.69 Å². The molecule has 2 aromatic carbocycles. The summed E-state index contributed by atoms with van der Waals surface area (Å²) in [4.78, 5) is 26.2. The van der Waals surface area contributed by atoms with Gasteiger partial charge in [-0.25, -0.2) is 13.6 Å². The van der Waals surface area contributed by atoms with Crippen LogP contribution in [0, 0.1) is 5.92 Å². The first-order valence-electron chi connectivity index (χ1n) is 11.2. The Morgan fingerprint density at radius 3 is 2.24 bits per heavy atom. The Kier molecular flexibility index (Phi) is 6.17. The van der Waals surface area contributed by atoms with Crippen LogP contribution in [0.2, 0.25) is 0 Å². The van der Waals surface area contributed by atoms with Gasteiger partial charge in [0.05, 0.1) is 5.52 Å². The van der Waals surface area contributed by atoms with Crippen molar-refractivity contribution in [3.8, 4) is 0 Å². The molecule has 34 heavy (non-hydrogen) atoms. The fourth-order valence-corrected chi connectivity index (χ4v) is 4.05. The van der Waals surface area contributed by atoms with Gasteiger partial charge in [-0.1, -0.05) is 56.3 Å². The molecule has 0 saturated carbocycles. The Bertz CT molecular complexity index is 1430. The molecule has 6 nitrogen and oxygen atoms in total. The van der Waals surface area contributed by atoms with Crippen molar-refractivity contribution in [1.29, 1.82) is 0 Å². The number of benzene rings is 2. The van der Waals surface area contributed by atoms with Crippen LogP contribution in [0.1, 0.15) is 31.9 Å². The molecule has 2 heterocycles. The summed E-state index contributed by atoms with van der Waals surface area (Å²) in [6.07, 6.45) is 1.79. The molecule has 178 valence electrons. The SMILES string of the molecule is CC(C)Cn1c(=O)n(C)c(=O)c2c(Nc3ccccc3)n(Cc3ccc(C(C)(F)F)cc3)cc21. The second kappa shape index (κ2) is 8.93. The highest BCUT2D eigenvalue weighted by Gasteiger charge is 2.24. The molecule has 0 spiro atoms. The standard InChI is InChI=1S/C26H28F2N4O2/c1-17(2)14-32-21-16-31(15-18-10-12-19(13-11-18)26(3,27)28)23(29-20-8-6-5-7-9-20)22(21)24(33)30(4)25(32)34/h5-13,16-17,29H,14-15H2,1-4H3. The lowest BCUT2D eigenvalue weighted by atomic mass is 10.1. The number of rotatable bonds is 7. The summed E-state index contributed by atoms with van der Waals surface area (Å²) in [7, 11) is 1.48. The normalized spacial score (nSPS) is 12.0. The summed E-state index contributed by atoms with van der Waals surface area (Å²) in [5.41, 5.74) is 1.29. The maximum Gasteiger partial charge on any atom is 0.331 e. The minimum Gasteiger partial charge on any atom is -0.341 e. The zero-order chi connectivity index (χ0) is 24.6. The predicted octanol–water partition coefficient (Wildman–Crippen LogP) is 5.06. The summed E-state index contributed by atoms with van der Waals surface area (Å²) in [6.45, 7) is 5.67. The first-order valence-corrected chi connectivity index (χ1v) is 11.2. The highest BCUT2D eigenvalue weighted by Crippen LogP contribution is 2.29. The quantitative estimate of drug-likeness (QED) is 0.414. The molecule has 0 atom stereocenters. The maximum atomic E-state index is 13.6. The monoisotopic (exact) mass is 466 g/mol. The van der Waals surface area contributed by atoms with Crippen LogP contribution in [0.15, 0.2) is 70.4 Å². The summed E-state index contributed by atoms with van der Waals surface area (Å²) in [5, 5.41) is 3.74. The molecular formula is C26H28F2N4O2. The van der Waals surface area contributed by atoms with Crippen molar-refractivity contribution in [1.82, 2.24) is 13.7 Å². The Hall–Kier alpha value is -3.68. The Balaban J connectivity index is 1.91. The fourth-order valence-electron chi connectivity index (χ4n) is 4.05. The zero-order valence-corrected chi connectivity index (χ0v) is 19.7. The Morgan fingerprint density at radius 2 is 1.65 bits per heavy atom. The van der Waals surface area contributed by atoms with Crippen LogP contribution < -0.4 is 16.6 Å². The van der Waals surface area contributed by atoms with E-state index in [0.29, 0.717) is 29.8 Å². The molecular weight excluding hydrogens is 438 g/mol. The zero-order valence-electron chi connectivity index (χ0n) is 19.7. The fraction of sp³-hybridized carbons (Fsp3) is 0.308. The molecule has 0 saturated heterocycles. The molecule has 4 aromatic rings. The van der Waals surface area contributed by atoms with Crippen molar-refractivity contribution >= 4 is 22.4 Å². The Morgan fingerprint density at radius 1 is 1.00 bits per heavy atom. The molecule has 0 radical (unpaired) electrons. The highest BCUT2D eigenvalue weighted by molar-refractivity contribution is 5.92. The number of hydrogen-bond donors (Lipinski definition) is 1. The highest BCUT2D eigenvalue weighted by atomic mass is 19.3. The second-order valence-electron chi connectivity index (χ2n) is 9.09. The van der Waals surface area contributed by atoms with E-state index in [-0.39, 0.29) is 17.2 Å². The minimum atomic E-state index is -2.92. The maximum absolute atomic E-state index is 13.6. The number of hydrogen-bond acceptors (Lipinski definition) is 3. The third-order valence-corrected chi connectivity index (χ3v) is 5.78. The van der Waals surface area contributed by atoms with Crippen molar-refractivity contribution in [3.63, 3.8) is 0 Å². The number of alkyl halides is 2. The summed E-state index contributed by atoms with van der Waals surface area (Å²) in [6, 6.07) is 15.6. The third kappa shape index (κ3) is 4.53. The summed E-state index contributed by atoms with van der Waals surface area (Å²) < 4.78 is 31.9. The van der Waals surface area contributed by atoms with E-state index in [9.17, 15) is 18.4 Å². The van der Waals surface area contributed by atoms with E-state index >= 15 is 0 Å². The lowest BCUT2D eigenvalue weighted by Gasteiger charge is -2.14. The van der Waals surface area contributed by atoms with E-state index in [2.05, 4.69) is 5.32 Å². The molecule has 0 fully saturated rings. The first-order chi connectivity index (χ1) is 16.1. The largest absolute Gasteiger partial charge is 0.341 e. The average Bonchev–Trinajstić information content (AvgIpc) is 3.13. The number of halogens is 2. The van der Waals surface area contributed by atoms with Gasteiger partial charge in [-0.15, -0.1) is 0 Å². The van der Waals surface area contributed by atoms with Gasteiger partial charge in [-0.2, -0.15) is 0 Å². The van der Waals surface area contributed by atoms with Gasteiger partial charge in [0.2, 0.25) is 0 Å². The van der Waals surface area contributed by atoms with E-state index in [4.69, 9.17) is 0 Å². The molecule has 1 N–H and O–H groups in total. The van der Waals surface area contributed by atoms with Crippen LogP contribution in [0.5, 0.6) is 0 Å². The third-order valence-electron chi connectivity index (χ3n) is 5.78. The lowest BCUT2D eigenvalue weighted by Crippen LogP contribution is -2.38. The number of para-hydroxylation sites is 1. The van der Waals surface area contributed by atoms with Crippen LogP contribution in [0.4, 0.5) is 20.3 Å². The predicted molar refractivity (Wildman–Crippen MR) is 131 cm³/mol. The molecule has 0 unspecified atom stereocenters. The number of fused-ring (bicyclic) bond motifs is 1. The van der Waals surface area contributed by atoms with E-state index in [1.807, 2.05) is 48.7 Å². The van der Waals surface area contributed by atoms with Crippen molar-refractivity contribution in [2.75, 3.05) is 5.32 Å². The molecule has 4 rings (SSSR count). The van der Waals surface area contributed by atoms with Crippen LogP contribution >= 0.6 is 0 Å². The molecule has 0 aliphatic heterocycles. The molecule has 0 bridgehead atoms. The van der Waals surface area contributed by atoms with E-state index in [1.165, 1.54) is 19.2 Å². The molecule has 0 amide bonds. The van der Waals surface area contributed by atoms with E-state index in [1.54, 1.807) is 22.9 Å². The van der Waals surface area contributed by atoms with E-state index in [0.717, 1.165) is 22.7 Å². The van der Waals surface area contributed by atoms with Crippen LogP contribution in [-0.2, 0) is 26.1 Å². The average molecular weight is 467 g/mol. The van der Waals surface area contributed by atoms with Crippen molar-refractivity contribution in [2.45, 2.75) is 39.8 Å². The minimum absolute atomic E-state index is 0.0591. The number of nitrogens with zero attached hydrogens (tertiary/aromatic N) is 3. The van der Waals surface area contributed by atoms with Gasteiger partial charge in [0.15, 0.2) is 0 Å². The van der Waals surface area contributed by atoms with Gasteiger partial charge in [0, 0.05) is 44.5 Å². The summed E-state index contributed by atoms with van der Waals surface area (Å²) in [5.74, 6) is -2.18. The van der Waals surface area contributed by atoms with Gasteiger partial charge in [0.1, 0.15) is 11.2 Å². The number of aromatic nitrogens is 3. The lowest BCUT2D eigenvalue weighted by molar-refractivity contribution is 0.0174. The van der Waals surface area contributed by atoms with Crippen molar-refractivity contribution in [3.05, 3.63) is 92.8 Å².